The van der Waals surface area contributed by atoms with Gasteiger partial charge in [0, 0.05) is 13.0 Å². The van der Waals surface area contributed by atoms with Crippen molar-refractivity contribution in [1.29, 1.82) is 0 Å². The van der Waals surface area contributed by atoms with Gasteiger partial charge in [-0.3, -0.25) is 25.2 Å². The second kappa shape index (κ2) is 9.82. The summed E-state index contributed by atoms with van der Waals surface area (Å²) < 4.78 is 10.7. The van der Waals surface area contributed by atoms with Crippen molar-refractivity contribution in [3.8, 4) is 16.9 Å². The third-order valence-corrected chi connectivity index (χ3v) is 5.17. The highest BCUT2D eigenvalue weighted by Crippen LogP contribution is 2.22. The van der Waals surface area contributed by atoms with E-state index in [4.69, 9.17) is 9.15 Å². The van der Waals surface area contributed by atoms with Crippen LogP contribution in [0.2, 0.25) is 0 Å². The number of hydrazine groups is 1. The van der Waals surface area contributed by atoms with E-state index in [0.717, 1.165) is 11.1 Å². The zero-order valence-electron chi connectivity index (χ0n) is 17.3. The van der Waals surface area contributed by atoms with Crippen LogP contribution in [0.4, 0.5) is 0 Å². The Balaban J connectivity index is 1.19. The number of rotatable bonds is 7. The number of carbonyl (C=O) groups is 3. The summed E-state index contributed by atoms with van der Waals surface area (Å²) >= 11 is 0. The van der Waals surface area contributed by atoms with Gasteiger partial charge in [0.25, 0.3) is 5.91 Å². The fraction of sp³-hybridized carbons (Fsp3) is 0.208. The van der Waals surface area contributed by atoms with Gasteiger partial charge in [-0.25, -0.2) is 0 Å². The van der Waals surface area contributed by atoms with Crippen molar-refractivity contribution in [3.05, 3.63) is 78.8 Å². The molecule has 0 spiro atoms. The first kappa shape index (κ1) is 21.2. The minimum atomic E-state index is -0.538. The maximum absolute atomic E-state index is 12.3. The molecule has 0 aliphatic carbocycles. The standard InChI is InChI=1S/C24H23N3O5/c28-22(16-32-20-10-8-18(9-11-20)17-5-2-1-3-6-17)25-26-24(30)19-13-23(29)27(14-19)15-21-7-4-12-31-21/h1-12,19H,13-16H2,(H,25,28)(H,26,30). The molecule has 1 aliphatic heterocycles. The van der Waals surface area contributed by atoms with Crippen molar-refractivity contribution in [2.75, 3.05) is 13.2 Å². The molecule has 4 rings (SSSR count). The number of nitrogens with one attached hydrogen (secondary N) is 2. The number of ether oxygens (including phenoxy) is 1. The molecule has 1 aliphatic rings. The van der Waals surface area contributed by atoms with Crippen molar-refractivity contribution in [3.63, 3.8) is 0 Å². The lowest BCUT2D eigenvalue weighted by Gasteiger charge is -2.15. The largest absolute Gasteiger partial charge is 0.484 e. The summed E-state index contributed by atoms with van der Waals surface area (Å²) in [5.74, 6) is -0.384. The molecule has 1 fully saturated rings. The van der Waals surface area contributed by atoms with E-state index in [2.05, 4.69) is 10.9 Å². The lowest BCUT2D eigenvalue weighted by atomic mass is 10.1. The summed E-state index contributed by atoms with van der Waals surface area (Å²) in [6.45, 7) is 0.337. The maximum atomic E-state index is 12.3. The number of likely N-dealkylation sites (tertiary alicyclic amines) is 1. The monoisotopic (exact) mass is 433 g/mol. The minimum Gasteiger partial charge on any atom is -0.484 e. The Morgan fingerprint density at radius 2 is 1.72 bits per heavy atom. The van der Waals surface area contributed by atoms with Gasteiger partial charge in [-0.2, -0.15) is 0 Å². The summed E-state index contributed by atoms with van der Waals surface area (Å²) in [5.41, 5.74) is 6.83. The average molecular weight is 433 g/mol. The Labute approximate surface area is 185 Å². The quantitative estimate of drug-likeness (QED) is 0.558. The number of amides is 3. The predicted octanol–water partition coefficient (Wildman–Crippen LogP) is 2.52. The molecular formula is C24H23N3O5. The molecule has 164 valence electrons. The fourth-order valence-corrected chi connectivity index (χ4v) is 3.48. The molecule has 32 heavy (non-hydrogen) atoms. The molecule has 1 saturated heterocycles. The Morgan fingerprint density at radius 3 is 2.44 bits per heavy atom. The third kappa shape index (κ3) is 5.34. The van der Waals surface area contributed by atoms with E-state index in [-0.39, 0.29) is 25.5 Å². The summed E-state index contributed by atoms with van der Waals surface area (Å²) in [6, 6.07) is 20.8. The summed E-state index contributed by atoms with van der Waals surface area (Å²) in [4.78, 5) is 38.0. The number of hydrogen-bond acceptors (Lipinski definition) is 5. The highest BCUT2D eigenvalue weighted by molar-refractivity contribution is 5.90. The molecule has 1 unspecified atom stereocenters. The first-order valence-electron chi connectivity index (χ1n) is 10.3. The van der Waals surface area contributed by atoms with Crippen molar-refractivity contribution >= 4 is 17.7 Å². The van der Waals surface area contributed by atoms with Gasteiger partial charge in [-0.1, -0.05) is 42.5 Å². The van der Waals surface area contributed by atoms with E-state index in [1.165, 1.54) is 6.26 Å². The van der Waals surface area contributed by atoms with Crippen LogP contribution in [0.25, 0.3) is 11.1 Å². The van der Waals surface area contributed by atoms with Gasteiger partial charge in [0.15, 0.2) is 6.61 Å². The third-order valence-electron chi connectivity index (χ3n) is 5.17. The van der Waals surface area contributed by atoms with Crippen molar-refractivity contribution < 1.29 is 23.5 Å². The lowest BCUT2D eigenvalue weighted by molar-refractivity contribution is -0.132. The second-order valence-electron chi connectivity index (χ2n) is 7.47. The average Bonchev–Trinajstić information content (AvgIpc) is 3.47. The van der Waals surface area contributed by atoms with E-state index in [9.17, 15) is 14.4 Å². The lowest BCUT2D eigenvalue weighted by Crippen LogP contribution is -2.46. The van der Waals surface area contributed by atoms with Gasteiger partial charge in [-0.15, -0.1) is 0 Å². The molecular weight excluding hydrogens is 410 g/mol. The van der Waals surface area contributed by atoms with E-state index >= 15 is 0 Å². The van der Waals surface area contributed by atoms with E-state index in [0.29, 0.717) is 18.1 Å². The molecule has 2 N–H and O–H groups in total. The molecule has 3 amide bonds. The number of carbonyl (C=O) groups excluding carboxylic acids is 3. The van der Waals surface area contributed by atoms with Crippen LogP contribution in [-0.4, -0.2) is 35.8 Å². The Bertz CT molecular complexity index is 1060. The summed E-state index contributed by atoms with van der Waals surface area (Å²) in [5, 5.41) is 0. The van der Waals surface area contributed by atoms with Gasteiger partial charge < -0.3 is 14.1 Å². The van der Waals surface area contributed by atoms with E-state index < -0.39 is 17.7 Å². The Morgan fingerprint density at radius 1 is 0.969 bits per heavy atom. The maximum Gasteiger partial charge on any atom is 0.276 e. The smallest absolute Gasteiger partial charge is 0.276 e. The van der Waals surface area contributed by atoms with Crippen LogP contribution in [0.5, 0.6) is 5.75 Å². The van der Waals surface area contributed by atoms with Crippen LogP contribution in [0, 0.1) is 5.92 Å². The first-order valence-corrected chi connectivity index (χ1v) is 10.3. The molecule has 0 saturated carbocycles. The Kier molecular flexibility index (Phi) is 6.50. The van der Waals surface area contributed by atoms with E-state index in [1.54, 1.807) is 29.2 Å². The molecule has 2 heterocycles. The SMILES string of the molecule is O=C(COc1ccc(-c2ccccc2)cc1)NNC(=O)C1CC(=O)N(Cc2ccco2)C1. The molecule has 0 bridgehead atoms. The highest BCUT2D eigenvalue weighted by Gasteiger charge is 2.34. The Hall–Kier alpha value is -4.07. The van der Waals surface area contributed by atoms with Gasteiger partial charge in [-0.05, 0) is 35.4 Å². The fourth-order valence-electron chi connectivity index (χ4n) is 3.48. The molecule has 2 aromatic carbocycles. The molecule has 8 heteroatoms. The zero-order chi connectivity index (χ0) is 22.3. The number of benzene rings is 2. The van der Waals surface area contributed by atoms with Crippen molar-refractivity contribution in [1.82, 2.24) is 15.8 Å². The van der Waals surface area contributed by atoms with Crippen LogP contribution < -0.4 is 15.6 Å². The summed E-state index contributed by atoms with van der Waals surface area (Å²) in [7, 11) is 0. The summed E-state index contributed by atoms with van der Waals surface area (Å²) in [6.07, 6.45) is 1.63. The topological polar surface area (TPSA) is 101 Å². The van der Waals surface area contributed by atoms with Crippen LogP contribution in [0.15, 0.2) is 77.4 Å². The number of nitrogens with zero attached hydrogens (tertiary/aromatic N) is 1. The zero-order valence-corrected chi connectivity index (χ0v) is 17.3. The minimum absolute atomic E-state index is 0.0900. The highest BCUT2D eigenvalue weighted by atomic mass is 16.5. The van der Waals surface area contributed by atoms with Gasteiger partial charge in [0.1, 0.15) is 11.5 Å². The predicted molar refractivity (Wildman–Crippen MR) is 116 cm³/mol. The first-order chi connectivity index (χ1) is 15.6. The van der Waals surface area contributed by atoms with Gasteiger partial charge in [0.2, 0.25) is 11.8 Å². The van der Waals surface area contributed by atoms with Crippen molar-refractivity contribution in [2.24, 2.45) is 5.92 Å². The van der Waals surface area contributed by atoms with Crippen LogP contribution in [0.3, 0.4) is 0 Å². The molecule has 1 aromatic heterocycles. The molecule has 3 aromatic rings. The second-order valence-corrected chi connectivity index (χ2v) is 7.47. The van der Waals surface area contributed by atoms with Crippen LogP contribution in [-0.2, 0) is 20.9 Å². The van der Waals surface area contributed by atoms with Crippen LogP contribution >= 0.6 is 0 Å². The van der Waals surface area contributed by atoms with Crippen LogP contribution in [0.1, 0.15) is 12.2 Å². The van der Waals surface area contributed by atoms with E-state index in [1.807, 2.05) is 42.5 Å². The van der Waals surface area contributed by atoms with Gasteiger partial charge in [0.05, 0.1) is 18.7 Å². The molecule has 8 nitrogen and oxygen atoms in total. The van der Waals surface area contributed by atoms with Crippen molar-refractivity contribution in [2.45, 2.75) is 13.0 Å². The number of hydrogen-bond donors (Lipinski definition) is 2. The van der Waals surface area contributed by atoms with Gasteiger partial charge >= 0.3 is 0 Å². The molecule has 1 atom stereocenters. The molecule has 0 radical (unpaired) electrons. The number of furan rings is 1. The normalized spacial score (nSPS) is 15.4.